The predicted octanol–water partition coefficient (Wildman–Crippen LogP) is 1.62. The molecule has 0 saturated heterocycles. The molecular weight excluding hydrogens is 192 g/mol. The molecule has 0 radical (unpaired) electrons. The summed E-state index contributed by atoms with van der Waals surface area (Å²) in [6.45, 7) is 0. The van der Waals surface area contributed by atoms with Gasteiger partial charge in [-0.3, -0.25) is 0 Å². The standard InChI is InChI=1S/C9H5F2NO2/c10-5-1-2-6(7(11)3-5)8-4-9(13)14-12-8/h1-3H,4H2. The summed E-state index contributed by atoms with van der Waals surface area (Å²) in [6, 6.07) is 3.07. The van der Waals surface area contributed by atoms with Crippen molar-refractivity contribution in [2.75, 3.05) is 0 Å². The number of hydrogen-bond donors (Lipinski definition) is 0. The Kier molecular flexibility index (Phi) is 1.99. The van der Waals surface area contributed by atoms with Crippen molar-refractivity contribution in [2.45, 2.75) is 6.42 Å². The summed E-state index contributed by atoms with van der Waals surface area (Å²) in [5.41, 5.74) is 0.282. The van der Waals surface area contributed by atoms with Crippen LogP contribution in [-0.4, -0.2) is 11.7 Å². The minimum atomic E-state index is -0.748. The summed E-state index contributed by atoms with van der Waals surface area (Å²) < 4.78 is 25.7. The van der Waals surface area contributed by atoms with Crippen molar-refractivity contribution in [3.8, 4) is 0 Å². The van der Waals surface area contributed by atoms with Gasteiger partial charge >= 0.3 is 5.97 Å². The highest BCUT2D eigenvalue weighted by atomic mass is 19.1. The Hall–Kier alpha value is -1.78. The van der Waals surface area contributed by atoms with Crippen molar-refractivity contribution >= 4 is 11.7 Å². The van der Waals surface area contributed by atoms with E-state index in [0.717, 1.165) is 12.1 Å². The summed E-state index contributed by atoms with van der Waals surface area (Å²) in [7, 11) is 0. The Morgan fingerprint density at radius 1 is 1.36 bits per heavy atom. The molecule has 0 spiro atoms. The van der Waals surface area contributed by atoms with E-state index in [4.69, 9.17) is 0 Å². The van der Waals surface area contributed by atoms with Gasteiger partial charge in [-0.1, -0.05) is 5.16 Å². The van der Waals surface area contributed by atoms with Crippen molar-refractivity contribution in [2.24, 2.45) is 5.16 Å². The first-order valence-electron chi connectivity index (χ1n) is 3.89. The van der Waals surface area contributed by atoms with Crippen LogP contribution in [0.25, 0.3) is 0 Å². The highest BCUT2D eigenvalue weighted by Crippen LogP contribution is 2.16. The number of hydrogen-bond acceptors (Lipinski definition) is 3. The summed E-state index contributed by atoms with van der Waals surface area (Å²) in [5, 5.41) is 3.38. The quantitative estimate of drug-likeness (QED) is 0.641. The molecule has 1 aromatic carbocycles. The fourth-order valence-corrected chi connectivity index (χ4v) is 1.18. The number of rotatable bonds is 1. The van der Waals surface area contributed by atoms with Crippen LogP contribution in [0.5, 0.6) is 0 Å². The van der Waals surface area contributed by atoms with Gasteiger partial charge in [0.05, 0.1) is 6.42 Å². The average molecular weight is 197 g/mol. The summed E-state index contributed by atoms with van der Waals surface area (Å²) in [5.74, 6) is -1.96. The van der Waals surface area contributed by atoms with Gasteiger partial charge in [0.15, 0.2) is 0 Å². The van der Waals surface area contributed by atoms with E-state index in [-0.39, 0.29) is 17.7 Å². The minimum Gasteiger partial charge on any atom is -0.318 e. The monoisotopic (exact) mass is 197 g/mol. The van der Waals surface area contributed by atoms with E-state index in [1.54, 1.807) is 0 Å². The van der Waals surface area contributed by atoms with Crippen LogP contribution in [0.4, 0.5) is 8.78 Å². The van der Waals surface area contributed by atoms with Crippen LogP contribution < -0.4 is 0 Å². The highest BCUT2D eigenvalue weighted by molar-refractivity contribution is 6.11. The van der Waals surface area contributed by atoms with Crippen molar-refractivity contribution in [3.05, 3.63) is 35.4 Å². The van der Waals surface area contributed by atoms with Crippen molar-refractivity contribution in [1.82, 2.24) is 0 Å². The average Bonchev–Trinajstić information content (AvgIpc) is 2.51. The van der Waals surface area contributed by atoms with Gasteiger partial charge in [0.2, 0.25) is 0 Å². The molecule has 1 heterocycles. The molecule has 0 aliphatic carbocycles. The second-order valence-electron chi connectivity index (χ2n) is 2.80. The van der Waals surface area contributed by atoms with Crippen LogP contribution >= 0.6 is 0 Å². The molecule has 0 aromatic heterocycles. The number of carbonyl (C=O) groups is 1. The SMILES string of the molecule is O=C1CC(c2ccc(F)cc2F)=NO1. The Morgan fingerprint density at radius 2 is 2.14 bits per heavy atom. The van der Waals surface area contributed by atoms with Crippen molar-refractivity contribution < 1.29 is 18.4 Å². The normalized spacial score (nSPS) is 15.3. The van der Waals surface area contributed by atoms with Crippen LogP contribution in [0, 0.1) is 11.6 Å². The van der Waals surface area contributed by atoms with Gasteiger partial charge in [0, 0.05) is 11.6 Å². The maximum atomic E-state index is 13.1. The van der Waals surface area contributed by atoms with E-state index in [1.807, 2.05) is 0 Å². The number of nitrogens with zero attached hydrogens (tertiary/aromatic N) is 1. The van der Waals surface area contributed by atoms with Crippen LogP contribution in [0.2, 0.25) is 0 Å². The topological polar surface area (TPSA) is 38.7 Å². The first-order chi connectivity index (χ1) is 6.66. The molecule has 3 nitrogen and oxygen atoms in total. The zero-order valence-corrected chi connectivity index (χ0v) is 6.96. The van der Waals surface area contributed by atoms with Crippen molar-refractivity contribution in [3.63, 3.8) is 0 Å². The van der Waals surface area contributed by atoms with E-state index in [2.05, 4.69) is 9.99 Å². The zero-order chi connectivity index (χ0) is 10.1. The molecule has 2 rings (SSSR count). The summed E-state index contributed by atoms with van der Waals surface area (Å²) in [4.78, 5) is 15.0. The second kappa shape index (κ2) is 3.17. The third kappa shape index (κ3) is 1.48. The molecule has 14 heavy (non-hydrogen) atoms. The molecule has 72 valence electrons. The van der Waals surface area contributed by atoms with Gasteiger partial charge in [-0.2, -0.15) is 0 Å². The number of halogens is 2. The Balaban J connectivity index is 2.38. The maximum Gasteiger partial charge on any atom is 0.341 e. The van der Waals surface area contributed by atoms with Crippen LogP contribution in [0.15, 0.2) is 23.4 Å². The molecule has 1 aliphatic heterocycles. The summed E-state index contributed by atoms with van der Waals surface area (Å²) >= 11 is 0. The fourth-order valence-electron chi connectivity index (χ4n) is 1.18. The van der Waals surface area contributed by atoms with Gasteiger partial charge < -0.3 is 4.84 Å². The molecule has 0 amide bonds. The molecular formula is C9H5F2NO2. The molecule has 0 fully saturated rings. The number of oxime groups is 1. The molecule has 0 N–H and O–H groups in total. The predicted molar refractivity (Wildman–Crippen MR) is 43.6 cm³/mol. The zero-order valence-electron chi connectivity index (χ0n) is 6.96. The lowest BCUT2D eigenvalue weighted by molar-refractivity contribution is -0.140. The second-order valence-corrected chi connectivity index (χ2v) is 2.80. The van der Waals surface area contributed by atoms with E-state index in [9.17, 15) is 13.6 Å². The van der Waals surface area contributed by atoms with E-state index in [1.165, 1.54) is 6.07 Å². The van der Waals surface area contributed by atoms with Gasteiger partial charge in [-0.25, -0.2) is 13.6 Å². The van der Waals surface area contributed by atoms with E-state index in [0.29, 0.717) is 0 Å². The van der Waals surface area contributed by atoms with E-state index < -0.39 is 17.6 Å². The first kappa shape index (κ1) is 8.80. The summed E-state index contributed by atoms with van der Waals surface area (Å²) in [6.07, 6.45) is -0.0808. The van der Waals surface area contributed by atoms with Crippen LogP contribution in [0.3, 0.4) is 0 Å². The molecule has 1 aliphatic rings. The third-order valence-corrected chi connectivity index (χ3v) is 1.81. The fraction of sp³-hybridized carbons (Fsp3) is 0.111. The van der Waals surface area contributed by atoms with Crippen LogP contribution in [0.1, 0.15) is 12.0 Å². The first-order valence-corrected chi connectivity index (χ1v) is 3.89. The number of benzene rings is 1. The smallest absolute Gasteiger partial charge is 0.318 e. The largest absolute Gasteiger partial charge is 0.341 e. The van der Waals surface area contributed by atoms with Gasteiger partial charge in [-0.15, -0.1) is 0 Å². The van der Waals surface area contributed by atoms with Gasteiger partial charge in [-0.05, 0) is 12.1 Å². The Morgan fingerprint density at radius 3 is 2.71 bits per heavy atom. The lowest BCUT2D eigenvalue weighted by Gasteiger charge is -1.98. The molecule has 1 aromatic rings. The number of carbonyl (C=O) groups excluding carboxylic acids is 1. The lowest BCUT2D eigenvalue weighted by atomic mass is 10.1. The third-order valence-electron chi connectivity index (χ3n) is 1.81. The Labute approximate surface area is 78.0 Å². The molecule has 0 bridgehead atoms. The molecule has 0 saturated carbocycles. The van der Waals surface area contributed by atoms with Crippen LogP contribution in [-0.2, 0) is 9.63 Å². The van der Waals surface area contributed by atoms with Crippen molar-refractivity contribution in [1.29, 1.82) is 0 Å². The molecule has 0 atom stereocenters. The molecule has 5 heteroatoms. The van der Waals surface area contributed by atoms with Gasteiger partial charge in [0.1, 0.15) is 17.3 Å². The van der Waals surface area contributed by atoms with E-state index >= 15 is 0 Å². The lowest BCUT2D eigenvalue weighted by Crippen LogP contribution is -2.03. The minimum absolute atomic E-state index is 0.0808. The Bertz CT molecular complexity index is 429. The maximum absolute atomic E-state index is 13.1. The molecule has 0 unspecified atom stereocenters. The van der Waals surface area contributed by atoms with Gasteiger partial charge in [0.25, 0.3) is 0 Å². The highest BCUT2D eigenvalue weighted by Gasteiger charge is 2.21.